The van der Waals surface area contributed by atoms with E-state index in [-0.39, 0.29) is 24.8 Å². The highest BCUT2D eigenvalue weighted by molar-refractivity contribution is 6.05. The molecule has 0 saturated carbocycles. The van der Waals surface area contributed by atoms with Crippen molar-refractivity contribution in [2.75, 3.05) is 60.9 Å². The van der Waals surface area contributed by atoms with Gasteiger partial charge in [0.1, 0.15) is 18.0 Å². The number of hydrogen-bond donors (Lipinski definition) is 3. The van der Waals surface area contributed by atoms with Crippen molar-refractivity contribution in [1.29, 1.82) is 0 Å². The number of nitrogens with zero attached hydrogens (tertiary/aromatic N) is 3. The van der Waals surface area contributed by atoms with Gasteiger partial charge in [0.25, 0.3) is 5.91 Å². The highest BCUT2D eigenvalue weighted by atomic mass is 16.5. The summed E-state index contributed by atoms with van der Waals surface area (Å²) in [4.78, 5) is 68.2. The van der Waals surface area contributed by atoms with Gasteiger partial charge in [0.2, 0.25) is 11.8 Å². The highest BCUT2D eigenvalue weighted by Gasteiger charge is 2.24. The maximum absolute atomic E-state index is 13.6. The van der Waals surface area contributed by atoms with E-state index in [9.17, 15) is 29.1 Å². The van der Waals surface area contributed by atoms with Gasteiger partial charge < -0.3 is 39.9 Å². The molecule has 4 rings (SSSR count). The van der Waals surface area contributed by atoms with Crippen molar-refractivity contribution >= 4 is 52.5 Å². The Morgan fingerprint density at radius 3 is 2.16 bits per heavy atom. The van der Waals surface area contributed by atoms with Gasteiger partial charge in [0.05, 0.1) is 25.3 Å². The SMILES string of the molecule is COc1ccccc1N(C)C(=O)COc1cccc(N(CC(=O)N(C)c2ccccc2)C(=O)CNC(=O)Nc2cccc(C(C)C(=O)O)c2)c1. The van der Waals surface area contributed by atoms with Gasteiger partial charge in [-0.25, -0.2) is 4.79 Å². The molecule has 5 amide bonds. The van der Waals surface area contributed by atoms with Gasteiger partial charge in [-0.1, -0.05) is 48.5 Å². The Morgan fingerprint density at radius 1 is 0.760 bits per heavy atom. The van der Waals surface area contributed by atoms with Crippen LogP contribution in [0.25, 0.3) is 0 Å². The van der Waals surface area contributed by atoms with Crippen LogP contribution in [0.5, 0.6) is 11.5 Å². The first-order valence-electron chi connectivity index (χ1n) is 15.6. The number of carboxylic acid groups (broad SMARTS) is 1. The number of amides is 5. The maximum atomic E-state index is 13.6. The number of carboxylic acids is 1. The molecule has 260 valence electrons. The van der Waals surface area contributed by atoms with Crippen LogP contribution in [-0.2, 0) is 19.2 Å². The summed E-state index contributed by atoms with van der Waals surface area (Å²) in [6, 6.07) is 28.0. The lowest BCUT2D eigenvalue weighted by Crippen LogP contribution is -2.46. The summed E-state index contributed by atoms with van der Waals surface area (Å²) in [5.74, 6) is -2.37. The Labute approximate surface area is 290 Å². The summed E-state index contributed by atoms with van der Waals surface area (Å²) in [6.07, 6.45) is 0. The van der Waals surface area contributed by atoms with Gasteiger partial charge in [-0.15, -0.1) is 0 Å². The summed E-state index contributed by atoms with van der Waals surface area (Å²) < 4.78 is 11.2. The van der Waals surface area contributed by atoms with E-state index in [1.807, 2.05) is 6.07 Å². The van der Waals surface area contributed by atoms with E-state index < -0.39 is 36.3 Å². The Bertz CT molecular complexity index is 1830. The summed E-state index contributed by atoms with van der Waals surface area (Å²) in [5, 5.41) is 14.4. The molecule has 3 N–H and O–H groups in total. The van der Waals surface area contributed by atoms with E-state index in [1.54, 1.807) is 99.0 Å². The lowest BCUT2D eigenvalue weighted by molar-refractivity contribution is -0.138. The monoisotopic (exact) mass is 681 g/mol. The number of benzene rings is 4. The largest absolute Gasteiger partial charge is 0.495 e. The zero-order valence-corrected chi connectivity index (χ0v) is 28.2. The molecule has 0 saturated heterocycles. The zero-order valence-electron chi connectivity index (χ0n) is 28.2. The molecular formula is C37H39N5O8. The fourth-order valence-electron chi connectivity index (χ4n) is 4.84. The third kappa shape index (κ3) is 9.60. The van der Waals surface area contributed by atoms with Crippen LogP contribution < -0.4 is 34.8 Å². The van der Waals surface area contributed by atoms with Gasteiger partial charge in [0, 0.05) is 37.2 Å². The molecule has 0 spiro atoms. The maximum Gasteiger partial charge on any atom is 0.319 e. The van der Waals surface area contributed by atoms with Gasteiger partial charge in [-0.05, 0) is 61.0 Å². The number of likely N-dealkylation sites (N-methyl/N-ethyl adjacent to an activating group) is 2. The lowest BCUT2D eigenvalue weighted by atomic mass is 10.0. The Balaban J connectivity index is 1.48. The summed E-state index contributed by atoms with van der Waals surface area (Å²) in [7, 11) is 4.71. The molecule has 1 atom stereocenters. The fourth-order valence-corrected chi connectivity index (χ4v) is 4.84. The number of anilines is 4. The van der Waals surface area contributed by atoms with Crippen LogP contribution in [0.3, 0.4) is 0 Å². The first kappa shape index (κ1) is 36.5. The minimum atomic E-state index is -1.01. The molecule has 0 aliphatic heterocycles. The molecule has 0 heterocycles. The first-order chi connectivity index (χ1) is 24.0. The predicted octanol–water partition coefficient (Wildman–Crippen LogP) is 4.74. The number of carbonyl (C=O) groups is 5. The van der Waals surface area contributed by atoms with Crippen molar-refractivity contribution in [3.63, 3.8) is 0 Å². The van der Waals surface area contributed by atoms with Crippen LogP contribution in [0, 0.1) is 0 Å². The minimum Gasteiger partial charge on any atom is -0.495 e. The van der Waals surface area contributed by atoms with Gasteiger partial charge >= 0.3 is 12.0 Å². The van der Waals surface area contributed by atoms with Crippen molar-refractivity contribution in [2.24, 2.45) is 0 Å². The van der Waals surface area contributed by atoms with Gasteiger partial charge in [0.15, 0.2) is 6.61 Å². The number of para-hydroxylation sites is 3. The van der Waals surface area contributed by atoms with Crippen molar-refractivity contribution in [1.82, 2.24) is 5.32 Å². The Hall–Kier alpha value is -6.37. The molecular weight excluding hydrogens is 642 g/mol. The van der Waals surface area contributed by atoms with Crippen molar-refractivity contribution < 1.29 is 38.6 Å². The number of urea groups is 1. The van der Waals surface area contributed by atoms with Crippen LogP contribution in [0.2, 0.25) is 0 Å². The second-order valence-corrected chi connectivity index (χ2v) is 11.2. The predicted molar refractivity (Wildman–Crippen MR) is 190 cm³/mol. The standard InChI is InChI=1S/C37H39N5O8/c1-25(36(46)47)26-12-10-13-27(20-26)39-37(48)38-22-33(43)42(23-34(44)40(2)28-14-6-5-7-15-28)29-16-11-17-30(21-29)50-24-35(45)41(3)31-18-8-9-19-32(31)49-4/h5-21,25H,22-24H2,1-4H3,(H,46,47)(H2,38,39,48). The first-order valence-corrected chi connectivity index (χ1v) is 15.6. The van der Waals surface area contributed by atoms with Crippen molar-refractivity contribution in [3.05, 3.63) is 109 Å². The Kier molecular flexibility index (Phi) is 12.5. The molecule has 13 nitrogen and oxygen atoms in total. The fraction of sp³-hybridized carbons (Fsp3) is 0.216. The number of hydrogen-bond acceptors (Lipinski definition) is 7. The quantitative estimate of drug-likeness (QED) is 0.172. The number of carbonyl (C=O) groups excluding carboxylic acids is 4. The smallest absolute Gasteiger partial charge is 0.319 e. The molecule has 0 aliphatic rings. The van der Waals surface area contributed by atoms with Crippen LogP contribution in [0.15, 0.2) is 103 Å². The zero-order chi connectivity index (χ0) is 36.2. The molecule has 4 aromatic carbocycles. The average Bonchev–Trinajstić information content (AvgIpc) is 3.14. The number of aliphatic carboxylic acids is 1. The Morgan fingerprint density at radius 2 is 1.44 bits per heavy atom. The summed E-state index contributed by atoms with van der Waals surface area (Å²) in [6.45, 7) is 0.355. The normalized spacial score (nSPS) is 11.0. The molecule has 0 radical (unpaired) electrons. The molecule has 4 aromatic rings. The van der Waals surface area contributed by atoms with E-state index in [4.69, 9.17) is 9.47 Å². The number of methoxy groups -OCH3 is 1. The van der Waals surface area contributed by atoms with E-state index in [0.717, 1.165) is 0 Å². The van der Waals surface area contributed by atoms with Crippen LogP contribution in [0.4, 0.5) is 27.5 Å². The van der Waals surface area contributed by atoms with Gasteiger partial charge in [-0.2, -0.15) is 0 Å². The molecule has 13 heteroatoms. The molecule has 0 aromatic heterocycles. The third-order valence-electron chi connectivity index (χ3n) is 7.84. The lowest BCUT2D eigenvalue weighted by Gasteiger charge is -2.26. The number of rotatable bonds is 14. The van der Waals surface area contributed by atoms with E-state index >= 15 is 0 Å². The van der Waals surface area contributed by atoms with Crippen LogP contribution >= 0.6 is 0 Å². The summed E-state index contributed by atoms with van der Waals surface area (Å²) >= 11 is 0. The second-order valence-electron chi connectivity index (χ2n) is 11.2. The molecule has 1 unspecified atom stereocenters. The number of ether oxygens (including phenoxy) is 2. The number of nitrogens with one attached hydrogen (secondary N) is 2. The van der Waals surface area contributed by atoms with E-state index in [1.165, 1.54) is 40.9 Å². The second kappa shape index (κ2) is 17.2. The third-order valence-corrected chi connectivity index (χ3v) is 7.84. The van der Waals surface area contributed by atoms with Gasteiger partial charge in [-0.3, -0.25) is 19.2 Å². The van der Waals surface area contributed by atoms with Crippen molar-refractivity contribution in [3.8, 4) is 11.5 Å². The topological polar surface area (TPSA) is 158 Å². The molecule has 0 aliphatic carbocycles. The molecule has 50 heavy (non-hydrogen) atoms. The van der Waals surface area contributed by atoms with Crippen LogP contribution in [-0.4, -0.2) is 75.7 Å². The van der Waals surface area contributed by atoms with E-state index in [2.05, 4.69) is 10.6 Å². The molecule has 0 fully saturated rings. The molecule has 0 bridgehead atoms. The minimum absolute atomic E-state index is 0.270. The summed E-state index contributed by atoms with van der Waals surface area (Å²) in [5.41, 5.74) is 2.32. The van der Waals surface area contributed by atoms with Crippen LogP contribution in [0.1, 0.15) is 18.4 Å². The van der Waals surface area contributed by atoms with Crippen molar-refractivity contribution in [2.45, 2.75) is 12.8 Å². The average molecular weight is 682 g/mol. The highest BCUT2D eigenvalue weighted by Crippen LogP contribution is 2.27. The van der Waals surface area contributed by atoms with E-state index in [0.29, 0.717) is 34.1 Å².